The molecule has 2 bridgehead atoms. The number of carboxylic acids is 1. The van der Waals surface area contributed by atoms with Crippen LogP contribution in [0.15, 0.2) is 12.2 Å². The van der Waals surface area contributed by atoms with Crippen molar-refractivity contribution in [3.05, 3.63) is 12.2 Å². The summed E-state index contributed by atoms with van der Waals surface area (Å²) in [6.07, 6.45) is 16.7. The van der Waals surface area contributed by atoms with Crippen molar-refractivity contribution in [3.63, 3.8) is 0 Å². The lowest BCUT2D eigenvalue weighted by Gasteiger charge is -2.27. The van der Waals surface area contributed by atoms with Gasteiger partial charge in [-0.05, 0) is 38.5 Å². The predicted molar refractivity (Wildman–Crippen MR) is 95.1 cm³/mol. The van der Waals surface area contributed by atoms with Gasteiger partial charge in [-0.25, -0.2) is 0 Å². The van der Waals surface area contributed by atoms with Gasteiger partial charge in [-0.2, -0.15) is 0 Å². The van der Waals surface area contributed by atoms with Gasteiger partial charge >= 0.3 is 5.97 Å². The topological polar surface area (TPSA) is 55.8 Å². The molecule has 4 heteroatoms. The molecule has 1 N–H and O–H groups in total. The minimum Gasteiger partial charge on any atom is -0.481 e. The number of hydrogen-bond donors (Lipinski definition) is 1. The SMILES string of the molecule is CCCCCCCO[C@@H]1C2CCC(O2)[C@@H]1C/C=C\CCCC(=O)O. The van der Waals surface area contributed by atoms with Crippen LogP contribution in [0.25, 0.3) is 0 Å². The third-order valence-corrected chi connectivity index (χ3v) is 5.25. The zero-order valence-corrected chi connectivity index (χ0v) is 15.1. The second kappa shape index (κ2) is 10.9. The summed E-state index contributed by atoms with van der Waals surface area (Å²) < 4.78 is 12.3. The molecule has 2 fully saturated rings. The number of ether oxygens (including phenoxy) is 2. The van der Waals surface area contributed by atoms with E-state index < -0.39 is 5.97 Å². The molecular weight excluding hydrogens is 304 g/mol. The van der Waals surface area contributed by atoms with E-state index in [4.69, 9.17) is 14.6 Å². The van der Waals surface area contributed by atoms with Crippen LogP contribution >= 0.6 is 0 Å². The maximum atomic E-state index is 10.5. The Labute approximate surface area is 146 Å². The van der Waals surface area contributed by atoms with Crippen LogP contribution in [0, 0.1) is 5.92 Å². The Morgan fingerprint density at radius 1 is 1.12 bits per heavy atom. The fraction of sp³-hybridized carbons (Fsp3) is 0.850. The normalized spacial score (nSPS) is 28.9. The van der Waals surface area contributed by atoms with E-state index in [1.165, 1.54) is 32.1 Å². The highest BCUT2D eigenvalue weighted by Gasteiger charge is 2.48. The molecule has 138 valence electrons. The first-order chi connectivity index (χ1) is 11.7. The second-order valence-corrected chi connectivity index (χ2v) is 7.20. The van der Waals surface area contributed by atoms with Gasteiger partial charge in [0.1, 0.15) is 0 Å². The van der Waals surface area contributed by atoms with Crippen molar-refractivity contribution >= 4 is 5.97 Å². The van der Waals surface area contributed by atoms with Gasteiger partial charge in [0.05, 0.1) is 18.3 Å². The van der Waals surface area contributed by atoms with Crippen molar-refractivity contribution < 1.29 is 19.4 Å². The molecule has 2 saturated heterocycles. The van der Waals surface area contributed by atoms with Crippen molar-refractivity contribution in [1.29, 1.82) is 0 Å². The molecule has 2 unspecified atom stereocenters. The van der Waals surface area contributed by atoms with Crippen molar-refractivity contribution in [3.8, 4) is 0 Å². The molecule has 0 saturated carbocycles. The molecular formula is C20H34O4. The molecule has 2 rings (SSSR count). The Bertz CT molecular complexity index is 393. The van der Waals surface area contributed by atoms with Crippen molar-refractivity contribution in [2.75, 3.05) is 6.61 Å². The lowest BCUT2D eigenvalue weighted by Crippen LogP contribution is -2.34. The molecule has 0 amide bonds. The first-order valence-electron chi connectivity index (χ1n) is 9.86. The summed E-state index contributed by atoms with van der Waals surface area (Å²) in [6.45, 7) is 3.10. The van der Waals surface area contributed by atoms with Gasteiger partial charge in [0.15, 0.2) is 0 Å². The number of rotatable bonds is 13. The summed E-state index contributed by atoms with van der Waals surface area (Å²) in [6, 6.07) is 0. The third kappa shape index (κ3) is 6.21. The Morgan fingerprint density at radius 2 is 1.92 bits per heavy atom. The predicted octanol–water partition coefficient (Wildman–Crippen LogP) is 4.72. The van der Waals surface area contributed by atoms with Gasteiger partial charge in [0.2, 0.25) is 0 Å². The molecule has 4 nitrogen and oxygen atoms in total. The molecule has 0 aliphatic carbocycles. The van der Waals surface area contributed by atoms with Gasteiger partial charge in [0, 0.05) is 18.9 Å². The minimum absolute atomic E-state index is 0.255. The van der Waals surface area contributed by atoms with Crippen LogP contribution < -0.4 is 0 Å². The van der Waals surface area contributed by atoms with E-state index in [1.807, 2.05) is 0 Å². The average molecular weight is 338 g/mol. The number of fused-ring (bicyclic) bond motifs is 2. The highest BCUT2D eigenvalue weighted by Crippen LogP contribution is 2.42. The Balaban J connectivity index is 1.65. The van der Waals surface area contributed by atoms with Crippen LogP contribution in [0.1, 0.15) is 77.6 Å². The first kappa shape index (κ1) is 19.5. The maximum Gasteiger partial charge on any atom is 0.303 e. The Morgan fingerprint density at radius 3 is 2.71 bits per heavy atom. The van der Waals surface area contributed by atoms with Crippen LogP contribution in [0.5, 0.6) is 0 Å². The average Bonchev–Trinajstić information content (AvgIpc) is 3.15. The molecule has 24 heavy (non-hydrogen) atoms. The summed E-state index contributed by atoms with van der Waals surface area (Å²) in [7, 11) is 0. The van der Waals surface area contributed by atoms with E-state index in [9.17, 15) is 4.79 Å². The number of unbranched alkanes of at least 4 members (excludes halogenated alkanes) is 5. The van der Waals surface area contributed by atoms with E-state index in [2.05, 4.69) is 19.1 Å². The molecule has 0 aromatic heterocycles. The highest BCUT2D eigenvalue weighted by atomic mass is 16.6. The van der Waals surface area contributed by atoms with Crippen molar-refractivity contribution in [1.82, 2.24) is 0 Å². The first-order valence-corrected chi connectivity index (χ1v) is 9.86. The van der Waals surface area contributed by atoms with E-state index in [0.717, 1.165) is 38.7 Å². The van der Waals surface area contributed by atoms with E-state index in [1.54, 1.807) is 0 Å². The molecule has 2 heterocycles. The standard InChI is InChI=1S/C20H34O4/c1-2-3-4-7-10-15-23-20-16(17-13-14-18(20)24-17)11-8-5-6-9-12-19(21)22/h5,8,16-18,20H,2-4,6-7,9-15H2,1H3,(H,21,22)/b8-5-/t16-,17?,18?,20-/m0/s1. The molecule has 0 aromatic carbocycles. The number of hydrogen-bond acceptors (Lipinski definition) is 3. The van der Waals surface area contributed by atoms with Crippen LogP contribution in [-0.4, -0.2) is 36.0 Å². The minimum atomic E-state index is -0.711. The van der Waals surface area contributed by atoms with E-state index >= 15 is 0 Å². The number of allylic oxidation sites excluding steroid dienone is 2. The fourth-order valence-corrected chi connectivity index (χ4v) is 3.92. The van der Waals surface area contributed by atoms with Crippen molar-refractivity contribution in [2.45, 2.75) is 95.9 Å². The van der Waals surface area contributed by atoms with Gasteiger partial charge < -0.3 is 14.6 Å². The lowest BCUT2D eigenvalue weighted by atomic mass is 9.84. The smallest absolute Gasteiger partial charge is 0.303 e. The molecule has 0 radical (unpaired) electrons. The third-order valence-electron chi connectivity index (χ3n) is 5.25. The molecule has 0 spiro atoms. The lowest BCUT2D eigenvalue weighted by molar-refractivity contribution is -0.137. The quantitative estimate of drug-likeness (QED) is 0.390. The van der Waals surface area contributed by atoms with Crippen LogP contribution in [-0.2, 0) is 14.3 Å². The zero-order chi connectivity index (χ0) is 17.2. The van der Waals surface area contributed by atoms with Crippen LogP contribution in [0.3, 0.4) is 0 Å². The number of carboxylic acid groups (broad SMARTS) is 1. The second-order valence-electron chi connectivity index (χ2n) is 7.20. The highest BCUT2D eigenvalue weighted by molar-refractivity contribution is 5.66. The molecule has 2 aliphatic heterocycles. The summed E-state index contributed by atoms with van der Waals surface area (Å²) in [5.74, 6) is -0.229. The molecule has 2 aliphatic rings. The van der Waals surface area contributed by atoms with Crippen molar-refractivity contribution in [2.24, 2.45) is 5.92 Å². The maximum absolute atomic E-state index is 10.5. The van der Waals surface area contributed by atoms with Crippen LogP contribution in [0.2, 0.25) is 0 Å². The van der Waals surface area contributed by atoms with Crippen LogP contribution in [0.4, 0.5) is 0 Å². The molecule has 4 atom stereocenters. The van der Waals surface area contributed by atoms with Gasteiger partial charge in [-0.15, -0.1) is 0 Å². The summed E-state index contributed by atoms with van der Waals surface area (Å²) in [4.78, 5) is 10.5. The monoisotopic (exact) mass is 338 g/mol. The number of carbonyl (C=O) groups is 1. The summed E-state index contributed by atoms with van der Waals surface area (Å²) in [5.41, 5.74) is 0. The summed E-state index contributed by atoms with van der Waals surface area (Å²) >= 11 is 0. The summed E-state index contributed by atoms with van der Waals surface area (Å²) in [5, 5.41) is 8.64. The zero-order valence-electron chi connectivity index (χ0n) is 15.1. The largest absolute Gasteiger partial charge is 0.481 e. The number of aliphatic carboxylic acids is 1. The Kier molecular flexibility index (Phi) is 8.82. The Hall–Kier alpha value is -0.870. The molecule has 0 aromatic rings. The van der Waals surface area contributed by atoms with E-state index in [-0.39, 0.29) is 12.5 Å². The van der Waals surface area contributed by atoms with Gasteiger partial charge in [-0.1, -0.05) is 44.8 Å². The van der Waals surface area contributed by atoms with Gasteiger partial charge in [0.25, 0.3) is 0 Å². The van der Waals surface area contributed by atoms with E-state index in [0.29, 0.717) is 18.1 Å². The fourth-order valence-electron chi connectivity index (χ4n) is 3.92. The van der Waals surface area contributed by atoms with Gasteiger partial charge in [-0.3, -0.25) is 4.79 Å².